The molecule has 1 amide bonds. The molecule has 2 aromatic rings. The van der Waals surface area contributed by atoms with E-state index in [9.17, 15) is 14.7 Å². The molecule has 174 valence electrons. The van der Waals surface area contributed by atoms with Crippen molar-refractivity contribution in [2.45, 2.75) is 12.5 Å². The lowest BCUT2D eigenvalue weighted by Crippen LogP contribution is -2.43. The SMILES string of the molecule is COCN(C)CCOc1c(Cl)cc(C(=O)N[C@@H](Cc2ccccc2)C(=O)OC)c(O)c1Cl. The largest absolute Gasteiger partial charge is 0.505 e. The van der Waals surface area contributed by atoms with Crippen molar-refractivity contribution in [1.82, 2.24) is 10.2 Å². The summed E-state index contributed by atoms with van der Waals surface area (Å²) in [6, 6.07) is 9.40. The van der Waals surface area contributed by atoms with Crippen molar-refractivity contribution in [3.05, 3.63) is 57.6 Å². The number of nitrogens with zero attached hydrogens (tertiary/aromatic N) is 1. The van der Waals surface area contributed by atoms with Crippen molar-refractivity contribution in [1.29, 1.82) is 0 Å². The van der Waals surface area contributed by atoms with Gasteiger partial charge in [0.1, 0.15) is 17.7 Å². The Labute approximate surface area is 197 Å². The average molecular weight is 485 g/mol. The van der Waals surface area contributed by atoms with Gasteiger partial charge in [0, 0.05) is 20.1 Å². The monoisotopic (exact) mass is 484 g/mol. The normalized spacial score (nSPS) is 11.8. The first-order valence-corrected chi connectivity index (χ1v) is 10.5. The van der Waals surface area contributed by atoms with Gasteiger partial charge in [-0.05, 0) is 18.7 Å². The summed E-state index contributed by atoms with van der Waals surface area (Å²) in [5.74, 6) is -1.80. The molecule has 0 aliphatic heterocycles. The number of nitrogens with one attached hydrogen (secondary N) is 1. The number of esters is 1. The number of aromatic hydroxyl groups is 1. The Morgan fingerprint density at radius 3 is 2.50 bits per heavy atom. The summed E-state index contributed by atoms with van der Waals surface area (Å²) in [7, 11) is 4.65. The van der Waals surface area contributed by atoms with Crippen LogP contribution in [0.4, 0.5) is 0 Å². The van der Waals surface area contributed by atoms with Gasteiger partial charge >= 0.3 is 5.97 Å². The maximum Gasteiger partial charge on any atom is 0.328 e. The number of hydrogen-bond acceptors (Lipinski definition) is 7. The molecule has 1 atom stereocenters. The molecular weight excluding hydrogens is 459 g/mol. The second-order valence-corrected chi connectivity index (χ2v) is 7.77. The van der Waals surface area contributed by atoms with Gasteiger partial charge in [0.25, 0.3) is 5.91 Å². The molecule has 0 aliphatic rings. The molecule has 0 heterocycles. The third-order valence-corrected chi connectivity index (χ3v) is 5.17. The van der Waals surface area contributed by atoms with Gasteiger partial charge in [0.15, 0.2) is 11.5 Å². The second kappa shape index (κ2) is 12.5. The molecule has 2 rings (SSSR count). The number of phenols is 1. The average Bonchev–Trinajstić information content (AvgIpc) is 2.78. The van der Waals surface area contributed by atoms with Crippen LogP contribution in [0, 0.1) is 0 Å². The lowest BCUT2D eigenvalue weighted by Gasteiger charge is -2.19. The zero-order chi connectivity index (χ0) is 23.7. The van der Waals surface area contributed by atoms with E-state index < -0.39 is 23.7 Å². The molecule has 10 heteroatoms. The molecule has 0 spiro atoms. The Balaban J connectivity index is 2.16. The quantitative estimate of drug-likeness (QED) is 0.373. The van der Waals surface area contributed by atoms with E-state index in [1.54, 1.807) is 7.11 Å². The van der Waals surface area contributed by atoms with E-state index in [-0.39, 0.29) is 34.4 Å². The number of methoxy groups -OCH3 is 2. The maximum atomic E-state index is 12.8. The molecule has 0 radical (unpaired) electrons. The number of amides is 1. The molecule has 2 N–H and O–H groups in total. The van der Waals surface area contributed by atoms with Crippen molar-refractivity contribution >= 4 is 35.1 Å². The topological polar surface area (TPSA) is 97.3 Å². The lowest BCUT2D eigenvalue weighted by atomic mass is 10.1. The number of likely N-dealkylation sites (N-methyl/N-ethyl adjacent to an activating group) is 1. The van der Waals surface area contributed by atoms with E-state index in [0.717, 1.165) is 5.56 Å². The third-order valence-electron chi connectivity index (χ3n) is 4.54. The third kappa shape index (κ3) is 7.00. The van der Waals surface area contributed by atoms with Crippen LogP contribution in [0.3, 0.4) is 0 Å². The minimum Gasteiger partial charge on any atom is -0.505 e. The van der Waals surface area contributed by atoms with Gasteiger partial charge in [-0.1, -0.05) is 53.5 Å². The fourth-order valence-electron chi connectivity index (χ4n) is 2.91. The summed E-state index contributed by atoms with van der Waals surface area (Å²) in [6.45, 7) is 1.16. The predicted octanol–water partition coefficient (Wildman–Crippen LogP) is 3.13. The van der Waals surface area contributed by atoms with Gasteiger partial charge in [-0.25, -0.2) is 4.79 Å². The van der Waals surface area contributed by atoms with E-state index in [1.165, 1.54) is 13.2 Å². The van der Waals surface area contributed by atoms with Gasteiger partial charge in [-0.15, -0.1) is 0 Å². The van der Waals surface area contributed by atoms with Crippen LogP contribution in [0.1, 0.15) is 15.9 Å². The first kappa shape index (κ1) is 25.7. The standard InChI is InChI=1S/C22H26Cl2N2O6/c1-26(13-30-2)9-10-32-20-16(23)12-15(19(27)18(20)24)21(28)25-17(22(29)31-3)11-14-7-5-4-6-8-14/h4-8,12,17,27H,9-11,13H2,1-3H3,(H,25,28)/t17-/m0/s1. The first-order chi connectivity index (χ1) is 15.3. The summed E-state index contributed by atoms with van der Waals surface area (Å²) in [5, 5.41) is 12.9. The van der Waals surface area contributed by atoms with Crippen LogP contribution < -0.4 is 10.1 Å². The Morgan fingerprint density at radius 1 is 1.19 bits per heavy atom. The predicted molar refractivity (Wildman–Crippen MR) is 122 cm³/mol. The Morgan fingerprint density at radius 2 is 1.88 bits per heavy atom. The van der Waals surface area contributed by atoms with Crippen LogP contribution in [-0.4, -0.2) is 69.1 Å². The molecule has 2 aromatic carbocycles. The number of ether oxygens (including phenoxy) is 3. The van der Waals surface area contributed by atoms with Crippen LogP contribution in [-0.2, 0) is 20.7 Å². The summed E-state index contributed by atoms with van der Waals surface area (Å²) >= 11 is 12.5. The first-order valence-electron chi connectivity index (χ1n) is 9.72. The van der Waals surface area contributed by atoms with Gasteiger partial charge in [-0.3, -0.25) is 9.69 Å². The Hall–Kier alpha value is -2.52. The maximum absolute atomic E-state index is 12.8. The minimum atomic E-state index is -0.973. The van der Waals surface area contributed by atoms with Crippen LogP contribution in [0.5, 0.6) is 11.5 Å². The Bertz CT molecular complexity index is 926. The van der Waals surface area contributed by atoms with E-state index in [4.69, 9.17) is 37.4 Å². The molecule has 0 aliphatic carbocycles. The fourth-order valence-corrected chi connectivity index (χ4v) is 3.47. The molecule has 32 heavy (non-hydrogen) atoms. The number of hydrogen-bond donors (Lipinski definition) is 2. The number of halogens is 2. The van der Waals surface area contributed by atoms with Crippen molar-refractivity contribution in [2.24, 2.45) is 0 Å². The highest BCUT2D eigenvalue weighted by Crippen LogP contribution is 2.42. The highest BCUT2D eigenvalue weighted by Gasteiger charge is 2.26. The van der Waals surface area contributed by atoms with Crippen molar-refractivity contribution in [3.63, 3.8) is 0 Å². The molecule has 8 nitrogen and oxygen atoms in total. The summed E-state index contributed by atoms with van der Waals surface area (Å²) in [5.41, 5.74) is 0.636. The molecule has 0 fully saturated rings. The second-order valence-electron chi connectivity index (χ2n) is 6.98. The zero-order valence-electron chi connectivity index (χ0n) is 18.1. The van der Waals surface area contributed by atoms with E-state index in [0.29, 0.717) is 13.3 Å². The molecular formula is C22H26Cl2N2O6. The zero-order valence-corrected chi connectivity index (χ0v) is 19.6. The Kier molecular flexibility index (Phi) is 10.1. The van der Waals surface area contributed by atoms with Crippen LogP contribution in [0.2, 0.25) is 10.0 Å². The summed E-state index contributed by atoms with van der Waals surface area (Å²) in [4.78, 5) is 26.9. The van der Waals surface area contributed by atoms with Crippen molar-refractivity contribution in [2.75, 3.05) is 41.1 Å². The minimum absolute atomic E-state index is 0.0463. The van der Waals surface area contributed by atoms with Crippen molar-refractivity contribution in [3.8, 4) is 11.5 Å². The molecule has 0 unspecified atom stereocenters. The molecule has 0 saturated carbocycles. The van der Waals surface area contributed by atoms with Gasteiger partial charge in [0.2, 0.25) is 0 Å². The molecule has 0 bridgehead atoms. The van der Waals surface area contributed by atoms with Crippen LogP contribution in [0.25, 0.3) is 0 Å². The number of phenolic OH excluding ortho intramolecular Hbond substituents is 1. The van der Waals surface area contributed by atoms with Crippen molar-refractivity contribution < 1.29 is 28.9 Å². The number of carbonyl (C=O) groups excluding carboxylic acids is 2. The number of carbonyl (C=O) groups is 2. The van der Waals surface area contributed by atoms with Gasteiger partial charge in [-0.2, -0.15) is 0 Å². The summed E-state index contributed by atoms with van der Waals surface area (Å²) < 4.78 is 15.4. The summed E-state index contributed by atoms with van der Waals surface area (Å²) in [6.07, 6.45) is 0.206. The fraction of sp³-hybridized carbons (Fsp3) is 0.364. The molecule has 0 saturated heterocycles. The highest BCUT2D eigenvalue weighted by molar-refractivity contribution is 6.39. The van der Waals surface area contributed by atoms with Gasteiger partial charge < -0.3 is 24.6 Å². The van der Waals surface area contributed by atoms with E-state index in [2.05, 4.69) is 5.32 Å². The van der Waals surface area contributed by atoms with Crippen LogP contribution >= 0.6 is 23.2 Å². The van der Waals surface area contributed by atoms with E-state index >= 15 is 0 Å². The smallest absolute Gasteiger partial charge is 0.328 e. The number of benzene rings is 2. The van der Waals surface area contributed by atoms with Gasteiger partial charge in [0.05, 0.1) is 24.4 Å². The van der Waals surface area contributed by atoms with Crippen LogP contribution in [0.15, 0.2) is 36.4 Å². The number of rotatable bonds is 11. The molecule has 0 aromatic heterocycles. The lowest BCUT2D eigenvalue weighted by molar-refractivity contribution is -0.142. The van der Waals surface area contributed by atoms with E-state index in [1.807, 2.05) is 42.3 Å². The highest BCUT2D eigenvalue weighted by atomic mass is 35.5.